The van der Waals surface area contributed by atoms with Crippen molar-refractivity contribution in [2.45, 2.75) is 38.8 Å². The van der Waals surface area contributed by atoms with Crippen LogP contribution in [0.1, 0.15) is 38.8 Å². The smallest absolute Gasteiger partial charge is 0.408 e. The molecule has 1 aromatic carbocycles. The number of carbonyl (C=O) groups excluding carboxylic acids is 1. The van der Waals surface area contributed by atoms with Crippen molar-refractivity contribution in [3.63, 3.8) is 0 Å². The summed E-state index contributed by atoms with van der Waals surface area (Å²) < 4.78 is 32.1. The molecule has 0 aliphatic heterocycles. The number of alkyl carbamates (subject to hydrolysis) is 1. The van der Waals surface area contributed by atoms with E-state index < -0.39 is 27.9 Å². The van der Waals surface area contributed by atoms with E-state index >= 15 is 0 Å². The lowest BCUT2D eigenvalue weighted by atomic mass is 10.0. The highest BCUT2D eigenvalue weighted by Gasteiger charge is 2.21. The van der Waals surface area contributed by atoms with Crippen LogP contribution in [0.25, 0.3) is 0 Å². The number of carbonyl (C=O) groups is 1. The third-order valence-electron chi connectivity index (χ3n) is 2.67. The highest BCUT2D eigenvalue weighted by atomic mass is 35.5. The summed E-state index contributed by atoms with van der Waals surface area (Å²) in [6, 6.07) is 6.44. The van der Waals surface area contributed by atoms with Gasteiger partial charge in [-0.15, -0.1) is 0 Å². The van der Waals surface area contributed by atoms with E-state index in [0.29, 0.717) is 5.02 Å². The van der Waals surface area contributed by atoms with Crippen LogP contribution in [0.15, 0.2) is 24.3 Å². The van der Waals surface area contributed by atoms with Crippen LogP contribution >= 0.6 is 11.6 Å². The van der Waals surface area contributed by atoms with Crippen LogP contribution in [-0.4, -0.2) is 33.0 Å². The quantitative estimate of drug-likeness (QED) is 0.784. The van der Waals surface area contributed by atoms with Crippen LogP contribution < -0.4 is 5.32 Å². The molecule has 1 amide bonds. The molecule has 0 aromatic heterocycles. The van der Waals surface area contributed by atoms with Gasteiger partial charge in [-0.3, -0.25) is 4.18 Å². The Kier molecular flexibility index (Phi) is 6.85. The van der Waals surface area contributed by atoms with Gasteiger partial charge in [-0.1, -0.05) is 23.7 Å². The third kappa shape index (κ3) is 8.78. The van der Waals surface area contributed by atoms with Crippen LogP contribution in [0, 0.1) is 0 Å². The Morgan fingerprint density at radius 2 is 1.83 bits per heavy atom. The van der Waals surface area contributed by atoms with E-state index in [9.17, 15) is 13.2 Å². The first-order chi connectivity index (χ1) is 10.5. The number of halogens is 1. The van der Waals surface area contributed by atoms with Crippen molar-refractivity contribution in [2.75, 3.05) is 12.9 Å². The summed E-state index contributed by atoms with van der Waals surface area (Å²) in [5, 5.41) is 3.28. The molecule has 0 heterocycles. The van der Waals surface area contributed by atoms with E-state index in [1.54, 1.807) is 45.0 Å². The Morgan fingerprint density at radius 1 is 1.26 bits per heavy atom. The van der Waals surface area contributed by atoms with E-state index in [1.807, 2.05) is 0 Å². The summed E-state index contributed by atoms with van der Waals surface area (Å²) >= 11 is 5.86. The minimum atomic E-state index is -3.53. The molecule has 1 N–H and O–H groups in total. The molecule has 0 saturated heterocycles. The van der Waals surface area contributed by atoms with Crippen molar-refractivity contribution in [1.29, 1.82) is 0 Å². The fourth-order valence-electron chi connectivity index (χ4n) is 1.78. The van der Waals surface area contributed by atoms with Gasteiger partial charge in [0, 0.05) is 5.02 Å². The van der Waals surface area contributed by atoms with Crippen LogP contribution in [0.4, 0.5) is 4.79 Å². The topological polar surface area (TPSA) is 81.7 Å². The number of amides is 1. The summed E-state index contributed by atoms with van der Waals surface area (Å²) in [4.78, 5) is 12.0. The van der Waals surface area contributed by atoms with Gasteiger partial charge in [-0.2, -0.15) is 8.42 Å². The van der Waals surface area contributed by atoms with Gasteiger partial charge in [0.1, 0.15) is 5.60 Å². The summed E-state index contributed by atoms with van der Waals surface area (Å²) in [6.45, 7) is 5.23. The first-order valence-electron chi connectivity index (χ1n) is 7.06. The van der Waals surface area contributed by atoms with Gasteiger partial charge in [-0.25, -0.2) is 4.79 Å². The van der Waals surface area contributed by atoms with Crippen LogP contribution in [0.5, 0.6) is 0 Å². The largest absolute Gasteiger partial charge is 0.444 e. The lowest BCUT2D eigenvalue weighted by molar-refractivity contribution is 0.0498. The van der Waals surface area contributed by atoms with E-state index in [1.165, 1.54) is 0 Å². The Labute approximate surface area is 142 Å². The molecule has 1 aromatic rings. The molecule has 0 radical (unpaired) electrons. The Balaban J connectivity index is 2.79. The fraction of sp³-hybridized carbons (Fsp3) is 0.533. The van der Waals surface area contributed by atoms with Gasteiger partial charge < -0.3 is 10.1 Å². The summed E-state index contributed by atoms with van der Waals surface area (Å²) in [7, 11) is -3.53. The summed E-state index contributed by atoms with van der Waals surface area (Å²) in [5.41, 5.74) is 0.148. The van der Waals surface area contributed by atoms with E-state index in [0.717, 1.165) is 11.8 Å². The summed E-state index contributed by atoms with van der Waals surface area (Å²) in [6.07, 6.45) is 0.663. The number of hydrogen-bond acceptors (Lipinski definition) is 5. The van der Waals surface area contributed by atoms with Gasteiger partial charge in [0.15, 0.2) is 0 Å². The number of hydrogen-bond donors (Lipinski definition) is 1. The molecule has 0 fully saturated rings. The van der Waals surface area contributed by atoms with E-state index in [2.05, 4.69) is 5.32 Å². The van der Waals surface area contributed by atoms with Gasteiger partial charge in [0.05, 0.1) is 18.9 Å². The minimum absolute atomic E-state index is 0.0536. The molecule has 1 rings (SSSR count). The number of benzene rings is 1. The summed E-state index contributed by atoms with van der Waals surface area (Å²) in [5.74, 6) is 0. The first-order valence-corrected chi connectivity index (χ1v) is 9.25. The standard InChI is InChI=1S/C15H22ClNO5S/c1-15(2,3)22-14(18)17-13(9-10-21-23(4,19)20)11-5-7-12(16)8-6-11/h5-8,13H,9-10H2,1-4H3,(H,17,18). The number of ether oxygens (including phenoxy) is 1. The van der Waals surface area contributed by atoms with E-state index in [-0.39, 0.29) is 13.0 Å². The maximum absolute atomic E-state index is 12.0. The van der Waals surface area contributed by atoms with Crippen molar-refractivity contribution in [3.8, 4) is 0 Å². The second-order valence-corrected chi connectivity index (χ2v) is 8.15. The fourth-order valence-corrected chi connectivity index (χ4v) is 2.31. The van der Waals surface area contributed by atoms with Crippen molar-refractivity contribution >= 4 is 27.8 Å². The van der Waals surface area contributed by atoms with Crippen molar-refractivity contribution < 1.29 is 22.1 Å². The zero-order chi connectivity index (χ0) is 17.7. The lowest BCUT2D eigenvalue weighted by Gasteiger charge is -2.24. The Bertz CT molecular complexity index is 622. The number of rotatable bonds is 6. The molecule has 1 unspecified atom stereocenters. The molecular formula is C15H22ClNO5S. The average molecular weight is 364 g/mol. The van der Waals surface area contributed by atoms with E-state index in [4.69, 9.17) is 20.5 Å². The molecule has 0 aliphatic carbocycles. The molecule has 0 aliphatic rings. The molecule has 1 atom stereocenters. The Morgan fingerprint density at radius 3 is 2.30 bits per heavy atom. The van der Waals surface area contributed by atoms with Crippen molar-refractivity contribution in [2.24, 2.45) is 0 Å². The maximum atomic E-state index is 12.0. The molecule has 23 heavy (non-hydrogen) atoms. The average Bonchev–Trinajstić information content (AvgIpc) is 2.34. The van der Waals surface area contributed by atoms with Crippen LogP contribution in [0.2, 0.25) is 5.02 Å². The zero-order valence-corrected chi connectivity index (χ0v) is 15.2. The first kappa shape index (κ1) is 19.7. The molecule has 130 valence electrons. The molecule has 6 nitrogen and oxygen atoms in total. The van der Waals surface area contributed by atoms with Crippen LogP contribution in [0.3, 0.4) is 0 Å². The van der Waals surface area contributed by atoms with Crippen molar-refractivity contribution in [1.82, 2.24) is 5.32 Å². The number of nitrogens with one attached hydrogen (secondary N) is 1. The predicted molar refractivity (Wildman–Crippen MR) is 89.0 cm³/mol. The van der Waals surface area contributed by atoms with Gasteiger partial charge in [0.2, 0.25) is 0 Å². The van der Waals surface area contributed by atoms with Gasteiger partial charge >= 0.3 is 6.09 Å². The zero-order valence-electron chi connectivity index (χ0n) is 13.6. The normalized spacial score (nSPS) is 13.4. The third-order valence-corrected chi connectivity index (χ3v) is 3.51. The highest BCUT2D eigenvalue weighted by molar-refractivity contribution is 7.85. The minimum Gasteiger partial charge on any atom is -0.444 e. The van der Waals surface area contributed by atoms with Gasteiger partial charge in [0.25, 0.3) is 10.1 Å². The van der Waals surface area contributed by atoms with Gasteiger partial charge in [-0.05, 0) is 44.9 Å². The molecular weight excluding hydrogens is 342 g/mol. The Hall–Kier alpha value is -1.31. The van der Waals surface area contributed by atoms with Crippen molar-refractivity contribution in [3.05, 3.63) is 34.9 Å². The maximum Gasteiger partial charge on any atom is 0.408 e. The molecule has 0 bridgehead atoms. The lowest BCUT2D eigenvalue weighted by Crippen LogP contribution is -2.35. The molecule has 8 heteroatoms. The second kappa shape index (κ2) is 7.99. The predicted octanol–water partition coefficient (Wildman–Crippen LogP) is 3.27. The monoisotopic (exact) mass is 363 g/mol. The molecule has 0 saturated carbocycles. The highest BCUT2D eigenvalue weighted by Crippen LogP contribution is 2.20. The molecule has 0 spiro atoms. The van der Waals surface area contributed by atoms with Crippen LogP contribution in [-0.2, 0) is 19.0 Å². The SMILES string of the molecule is CC(C)(C)OC(=O)NC(CCOS(C)(=O)=O)c1ccc(Cl)cc1. The second-order valence-electron chi connectivity index (χ2n) is 6.07.